The topological polar surface area (TPSA) is 59.1 Å². The molecule has 0 amide bonds. The smallest absolute Gasteiger partial charge is 0.241 e. The molecule has 0 atom stereocenters. The number of aryl methyl sites for hydroxylation is 1. The molecule has 0 saturated carbocycles. The second-order valence-corrected chi connectivity index (χ2v) is 6.95. The lowest BCUT2D eigenvalue weighted by Gasteiger charge is -2.15. The van der Waals surface area contributed by atoms with E-state index in [2.05, 4.69) is 9.71 Å². The van der Waals surface area contributed by atoms with E-state index in [0.717, 1.165) is 22.3 Å². The largest absolute Gasteiger partial charge is 0.260 e. The molecule has 0 fully saturated rings. The number of hydrogen-bond donors (Lipinski definition) is 1. The van der Waals surface area contributed by atoms with E-state index < -0.39 is 10.0 Å². The summed E-state index contributed by atoms with van der Waals surface area (Å²) in [6, 6.07) is 7.16. The summed E-state index contributed by atoms with van der Waals surface area (Å²) in [5, 5.41) is 0. The molecule has 1 N–H and O–H groups in total. The Morgan fingerprint density at radius 2 is 1.76 bits per heavy atom. The zero-order chi connectivity index (χ0) is 15.6. The zero-order valence-electron chi connectivity index (χ0n) is 12.8. The second kappa shape index (κ2) is 5.95. The van der Waals surface area contributed by atoms with Gasteiger partial charge in [0.05, 0.1) is 17.1 Å². The first-order valence-corrected chi connectivity index (χ1v) is 8.28. The van der Waals surface area contributed by atoms with E-state index in [1.165, 1.54) is 0 Å². The number of sulfonamides is 1. The summed E-state index contributed by atoms with van der Waals surface area (Å²) in [5.41, 5.74) is 4.63. The lowest BCUT2D eigenvalue weighted by molar-refractivity contribution is 0.579. The zero-order valence-corrected chi connectivity index (χ0v) is 13.6. The van der Waals surface area contributed by atoms with Gasteiger partial charge in [-0.15, -0.1) is 0 Å². The van der Waals surface area contributed by atoms with Crippen LogP contribution in [0.15, 0.2) is 35.4 Å². The van der Waals surface area contributed by atoms with E-state index in [4.69, 9.17) is 0 Å². The third-order valence-electron chi connectivity index (χ3n) is 3.89. The molecule has 0 spiro atoms. The average Bonchev–Trinajstić information content (AvgIpc) is 2.48. The number of rotatable bonds is 4. The standard InChI is InChI=1S/C16H20N2O2S/c1-11-9-16(14(4)13(3)12(11)2)21(19,20)18-10-15-7-5-6-8-17-15/h5-9,18H,10H2,1-4H3. The molecular weight excluding hydrogens is 284 g/mol. The van der Waals surface area contributed by atoms with Gasteiger partial charge in [-0.25, -0.2) is 13.1 Å². The van der Waals surface area contributed by atoms with Gasteiger partial charge in [-0.05, 0) is 68.1 Å². The van der Waals surface area contributed by atoms with Crippen molar-refractivity contribution in [2.24, 2.45) is 0 Å². The average molecular weight is 304 g/mol. The van der Waals surface area contributed by atoms with E-state index >= 15 is 0 Å². The molecule has 1 aromatic heterocycles. The van der Waals surface area contributed by atoms with Gasteiger partial charge in [0.1, 0.15) is 0 Å². The minimum Gasteiger partial charge on any atom is -0.260 e. The van der Waals surface area contributed by atoms with E-state index in [0.29, 0.717) is 10.6 Å². The van der Waals surface area contributed by atoms with E-state index in [-0.39, 0.29) is 6.54 Å². The lowest BCUT2D eigenvalue weighted by atomic mass is 10.00. The van der Waals surface area contributed by atoms with Crippen LogP contribution in [0.4, 0.5) is 0 Å². The van der Waals surface area contributed by atoms with Gasteiger partial charge < -0.3 is 0 Å². The highest BCUT2D eigenvalue weighted by Crippen LogP contribution is 2.24. The monoisotopic (exact) mass is 304 g/mol. The molecule has 0 unspecified atom stereocenters. The van der Waals surface area contributed by atoms with Gasteiger partial charge in [0, 0.05) is 6.20 Å². The van der Waals surface area contributed by atoms with Gasteiger partial charge in [0.25, 0.3) is 0 Å². The Balaban J connectivity index is 2.32. The molecule has 21 heavy (non-hydrogen) atoms. The van der Waals surface area contributed by atoms with Gasteiger partial charge in [-0.1, -0.05) is 6.07 Å². The van der Waals surface area contributed by atoms with E-state index in [1.54, 1.807) is 24.4 Å². The number of nitrogens with zero attached hydrogens (tertiary/aromatic N) is 1. The van der Waals surface area contributed by atoms with E-state index in [1.807, 2.05) is 33.8 Å². The maximum absolute atomic E-state index is 12.5. The van der Waals surface area contributed by atoms with Crippen LogP contribution in [0.2, 0.25) is 0 Å². The van der Waals surface area contributed by atoms with Crippen molar-refractivity contribution in [3.8, 4) is 0 Å². The fraction of sp³-hybridized carbons (Fsp3) is 0.312. The van der Waals surface area contributed by atoms with Crippen LogP contribution < -0.4 is 4.72 Å². The Hall–Kier alpha value is -1.72. The van der Waals surface area contributed by atoms with Crippen LogP contribution in [0.3, 0.4) is 0 Å². The van der Waals surface area contributed by atoms with Crippen LogP contribution in [-0.2, 0) is 16.6 Å². The molecule has 5 heteroatoms. The Morgan fingerprint density at radius 3 is 2.38 bits per heavy atom. The van der Waals surface area contributed by atoms with Crippen LogP contribution in [0.5, 0.6) is 0 Å². The van der Waals surface area contributed by atoms with Gasteiger partial charge in [-0.3, -0.25) is 4.98 Å². The molecule has 2 rings (SSSR count). The van der Waals surface area contributed by atoms with Gasteiger partial charge in [0.15, 0.2) is 0 Å². The molecule has 0 saturated heterocycles. The summed E-state index contributed by atoms with van der Waals surface area (Å²) in [4.78, 5) is 4.47. The molecule has 0 aliphatic rings. The lowest BCUT2D eigenvalue weighted by Crippen LogP contribution is -2.25. The third-order valence-corrected chi connectivity index (χ3v) is 5.42. The Labute approximate surface area is 126 Å². The number of aromatic nitrogens is 1. The fourth-order valence-electron chi connectivity index (χ4n) is 2.20. The Bertz CT molecular complexity index is 754. The molecule has 1 aromatic carbocycles. The van der Waals surface area contributed by atoms with Crippen LogP contribution >= 0.6 is 0 Å². The molecule has 1 heterocycles. The molecular formula is C16H20N2O2S. The minimum atomic E-state index is -3.54. The minimum absolute atomic E-state index is 0.189. The van der Waals surface area contributed by atoms with Crippen molar-refractivity contribution in [1.29, 1.82) is 0 Å². The Kier molecular flexibility index (Phi) is 4.44. The number of hydrogen-bond acceptors (Lipinski definition) is 3. The quantitative estimate of drug-likeness (QED) is 0.945. The second-order valence-electron chi connectivity index (χ2n) is 5.21. The van der Waals surface area contributed by atoms with Crippen molar-refractivity contribution in [2.45, 2.75) is 39.1 Å². The number of nitrogens with one attached hydrogen (secondary N) is 1. The van der Waals surface area contributed by atoms with E-state index in [9.17, 15) is 8.42 Å². The van der Waals surface area contributed by atoms with Crippen molar-refractivity contribution in [2.75, 3.05) is 0 Å². The van der Waals surface area contributed by atoms with Crippen LogP contribution in [0, 0.1) is 27.7 Å². The molecule has 0 radical (unpaired) electrons. The molecule has 112 valence electrons. The van der Waals surface area contributed by atoms with Crippen LogP contribution in [0.25, 0.3) is 0 Å². The number of benzene rings is 1. The third kappa shape index (κ3) is 3.31. The van der Waals surface area contributed by atoms with Gasteiger partial charge in [0.2, 0.25) is 10.0 Å². The number of pyridine rings is 1. The first-order valence-electron chi connectivity index (χ1n) is 6.80. The maximum atomic E-state index is 12.5. The predicted octanol–water partition coefficient (Wildman–Crippen LogP) is 2.79. The SMILES string of the molecule is Cc1cc(S(=O)(=O)NCc2ccccn2)c(C)c(C)c1C. The summed E-state index contributed by atoms with van der Waals surface area (Å²) >= 11 is 0. The summed E-state index contributed by atoms with van der Waals surface area (Å²) in [6.07, 6.45) is 1.65. The van der Waals surface area contributed by atoms with Crippen molar-refractivity contribution >= 4 is 10.0 Å². The summed E-state index contributed by atoms with van der Waals surface area (Å²) in [6.45, 7) is 7.93. The molecule has 0 bridgehead atoms. The Morgan fingerprint density at radius 1 is 1.05 bits per heavy atom. The van der Waals surface area contributed by atoms with Crippen molar-refractivity contribution in [3.63, 3.8) is 0 Å². The van der Waals surface area contributed by atoms with Crippen molar-refractivity contribution in [1.82, 2.24) is 9.71 Å². The highest BCUT2D eigenvalue weighted by Gasteiger charge is 2.19. The fourth-order valence-corrected chi connectivity index (χ4v) is 3.58. The van der Waals surface area contributed by atoms with Gasteiger partial charge >= 0.3 is 0 Å². The highest BCUT2D eigenvalue weighted by molar-refractivity contribution is 7.89. The first kappa shape index (κ1) is 15.7. The summed E-state index contributed by atoms with van der Waals surface area (Å²) in [7, 11) is -3.54. The summed E-state index contributed by atoms with van der Waals surface area (Å²) in [5.74, 6) is 0. The maximum Gasteiger partial charge on any atom is 0.241 e. The van der Waals surface area contributed by atoms with Crippen LogP contribution in [0.1, 0.15) is 27.9 Å². The molecule has 0 aliphatic carbocycles. The molecule has 0 aliphatic heterocycles. The van der Waals surface area contributed by atoms with Gasteiger partial charge in [-0.2, -0.15) is 0 Å². The normalized spacial score (nSPS) is 11.6. The predicted molar refractivity (Wildman–Crippen MR) is 83.7 cm³/mol. The van der Waals surface area contributed by atoms with Crippen molar-refractivity contribution in [3.05, 3.63) is 58.4 Å². The molecule has 2 aromatic rings. The molecule has 4 nitrogen and oxygen atoms in total. The first-order chi connectivity index (χ1) is 9.83. The highest BCUT2D eigenvalue weighted by atomic mass is 32.2. The summed E-state index contributed by atoms with van der Waals surface area (Å²) < 4.78 is 27.6. The van der Waals surface area contributed by atoms with Crippen LogP contribution in [-0.4, -0.2) is 13.4 Å². The van der Waals surface area contributed by atoms with Crippen molar-refractivity contribution < 1.29 is 8.42 Å².